The minimum Gasteiger partial charge on any atom is -0.459 e. The van der Waals surface area contributed by atoms with E-state index in [1.807, 2.05) is 6.92 Å². The molecule has 0 aliphatic heterocycles. The van der Waals surface area contributed by atoms with Crippen LogP contribution >= 0.6 is 0 Å². The summed E-state index contributed by atoms with van der Waals surface area (Å²) in [6.45, 7) is 6.06. The van der Waals surface area contributed by atoms with Crippen molar-refractivity contribution in [3.05, 3.63) is 24.0 Å². The normalized spacial score (nSPS) is 12.5. The molecule has 1 rings (SSSR count). The van der Waals surface area contributed by atoms with Crippen molar-refractivity contribution < 1.29 is 9.53 Å². The van der Waals surface area contributed by atoms with Crippen LogP contribution in [0.2, 0.25) is 0 Å². The Morgan fingerprint density at radius 2 is 2.19 bits per heavy atom. The van der Waals surface area contributed by atoms with Gasteiger partial charge >= 0.3 is 5.97 Å². The van der Waals surface area contributed by atoms with Crippen LogP contribution in [0.4, 0.5) is 5.69 Å². The molecule has 1 aromatic heterocycles. The van der Waals surface area contributed by atoms with Crippen LogP contribution in [-0.4, -0.2) is 17.1 Å². The van der Waals surface area contributed by atoms with E-state index in [2.05, 4.69) is 18.8 Å². The fourth-order valence-electron chi connectivity index (χ4n) is 1.55. The summed E-state index contributed by atoms with van der Waals surface area (Å²) in [5.74, 6) is 0.116. The highest BCUT2D eigenvalue weighted by Gasteiger charge is 2.15. The van der Waals surface area contributed by atoms with E-state index >= 15 is 0 Å². The van der Waals surface area contributed by atoms with Crippen molar-refractivity contribution in [1.82, 2.24) is 4.98 Å². The van der Waals surface area contributed by atoms with Gasteiger partial charge in [-0.15, -0.1) is 0 Å². The monoisotopic (exact) mass is 222 g/mol. The molecule has 0 aliphatic rings. The van der Waals surface area contributed by atoms with Gasteiger partial charge in [0, 0.05) is 6.20 Å². The molecule has 0 aliphatic carbocycles. The van der Waals surface area contributed by atoms with Crippen molar-refractivity contribution in [3.8, 4) is 0 Å². The van der Waals surface area contributed by atoms with Gasteiger partial charge in [0.05, 0.1) is 23.6 Å². The van der Waals surface area contributed by atoms with Crippen LogP contribution in [0.5, 0.6) is 0 Å². The van der Waals surface area contributed by atoms with Crippen LogP contribution in [0.25, 0.3) is 0 Å². The van der Waals surface area contributed by atoms with Crippen LogP contribution in [0, 0.1) is 5.92 Å². The average molecular weight is 222 g/mol. The fourth-order valence-corrected chi connectivity index (χ4v) is 1.55. The van der Waals surface area contributed by atoms with E-state index in [0.29, 0.717) is 17.2 Å². The van der Waals surface area contributed by atoms with Crippen molar-refractivity contribution in [2.24, 2.45) is 5.92 Å². The Balaban J connectivity index is 2.63. The van der Waals surface area contributed by atoms with Gasteiger partial charge in [0.25, 0.3) is 0 Å². The zero-order valence-electron chi connectivity index (χ0n) is 9.93. The van der Waals surface area contributed by atoms with Crippen LogP contribution < -0.4 is 5.73 Å². The number of anilines is 1. The average Bonchev–Trinajstić information content (AvgIpc) is 2.16. The smallest absolute Gasteiger partial charge is 0.340 e. The zero-order valence-corrected chi connectivity index (χ0v) is 9.93. The quantitative estimate of drug-likeness (QED) is 0.793. The van der Waals surface area contributed by atoms with E-state index in [1.54, 1.807) is 6.07 Å². The second kappa shape index (κ2) is 5.49. The molecule has 0 spiro atoms. The number of pyridine rings is 1. The summed E-state index contributed by atoms with van der Waals surface area (Å²) >= 11 is 0. The van der Waals surface area contributed by atoms with Gasteiger partial charge < -0.3 is 10.5 Å². The molecule has 0 bridgehead atoms. The molecule has 0 saturated heterocycles. The number of rotatable bonds is 4. The molecule has 2 N–H and O–H groups in total. The number of esters is 1. The molecular weight excluding hydrogens is 204 g/mol. The second-order valence-electron chi connectivity index (χ2n) is 4.31. The first-order valence-electron chi connectivity index (χ1n) is 5.41. The number of ether oxygens (including phenoxy) is 1. The number of nitrogen functional groups attached to an aromatic ring is 1. The second-order valence-corrected chi connectivity index (χ2v) is 4.31. The first-order chi connectivity index (χ1) is 7.50. The van der Waals surface area contributed by atoms with E-state index < -0.39 is 0 Å². The summed E-state index contributed by atoms with van der Waals surface area (Å²) in [5, 5.41) is 0. The van der Waals surface area contributed by atoms with Crippen molar-refractivity contribution in [2.75, 3.05) is 5.73 Å². The minimum absolute atomic E-state index is 0.0972. The van der Waals surface area contributed by atoms with E-state index in [4.69, 9.17) is 10.5 Å². The summed E-state index contributed by atoms with van der Waals surface area (Å²) in [5.41, 5.74) is 6.37. The number of carbonyl (C=O) groups is 1. The molecule has 1 aromatic rings. The Hall–Kier alpha value is -1.58. The lowest BCUT2D eigenvalue weighted by Gasteiger charge is -2.15. The molecule has 0 aromatic carbocycles. The molecule has 1 heterocycles. The highest BCUT2D eigenvalue weighted by Crippen LogP contribution is 2.14. The topological polar surface area (TPSA) is 65.2 Å². The maximum absolute atomic E-state index is 11.7. The lowest BCUT2D eigenvalue weighted by molar-refractivity contribution is 0.0301. The van der Waals surface area contributed by atoms with Crippen LogP contribution in [-0.2, 0) is 4.74 Å². The Morgan fingerprint density at radius 1 is 1.50 bits per heavy atom. The van der Waals surface area contributed by atoms with Crippen molar-refractivity contribution >= 4 is 11.7 Å². The first kappa shape index (κ1) is 12.5. The third kappa shape index (κ3) is 3.53. The Morgan fingerprint density at radius 3 is 2.75 bits per heavy atom. The Kier molecular flexibility index (Phi) is 4.28. The third-order valence-corrected chi connectivity index (χ3v) is 2.18. The van der Waals surface area contributed by atoms with Gasteiger partial charge in [0.15, 0.2) is 0 Å². The molecule has 0 amide bonds. The number of nitrogens with two attached hydrogens (primary N) is 1. The molecular formula is C12H18N2O2. The van der Waals surface area contributed by atoms with Crippen molar-refractivity contribution in [3.63, 3.8) is 0 Å². The third-order valence-electron chi connectivity index (χ3n) is 2.18. The van der Waals surface area contributed by atoms with Gasteiger partial charge in [-0.2, -0.15) is 0 Å². The Labute approximate surface area is 95.8 Å². The lowest BCUT2D eigenvalue weighted by Crippen LogP contribution is -2.18. The van der Waals surface area contributed by atoms with Crippen LogP contribution in [0.1, 0.15) is 37.6 Å². The molecule has 4 heteroatoms. The highest BCUT2D eigenvalue weighted by molar-refractivity contribution is 5.94. The van der Waals surface area contributed by atoms with Gasteiger partial charge in [-0.05, 0) is 25.3 Å². The number of aromatic nitrogens is 1. The van der Waals surface area contributed by atoms with Gasteiger partial charge in [-0.3, -0.25) is 4.98 Å². The molecule has 0 fully saturated rings. The first-order valence-corrected chi connectivity index (χ1v) is 5.41. The van der Waals surface area contributed by atoms with Crippen molar-refractivity contribution in [1.29, 1.82) is 0 Å². The molecule has 1 unspecified atom stereocenters. The zero-order chi connectivity index (χ0) is 12.1. The molecule has 16 heavy (non-hydrogen) atoms. The molecule has 88 valence electrons. The number of nitrogens with zero attached hydrogens (tertiary/aromatic N) is 1. The van der Waals surface area contributed by atoms with E-state index in [9.17, 15) is 4.79 Å². The number of carbonyl (C=O) groups excluding carboxylic acids is 1. The van der Waals surface area contributed by atoms with Crippen LogP contribution in [0.3, 0.4) is 0 Å². The van der Waals surface area contributed by atoms with Gasteiger partial charge in [-0.1, -0.05) is 13.8 Å². The van der Waals surface area contributed by atoms with Gasteiger partial charge in [0.2, 0.25) is 0 Å². The summed E-state index contributed by atoms with van der Waals surface area (Å²) in [6.07, 6.45) is 3.72. The molecule has 0 saturated carbocycles. The maximum atomic E-state index is 11.7. The highest BCUT2D eigenvalue weighted by atomic mass is 16.5. The van der Waals surface area contributed by atoms with Gasteiger partial charge in [-0.25, -0.2) is 4.79 Å². The maximum Gasteiger partial charge on any atom is 0.340 e. The molecule has 1 atom stereocenters. The molecule has 4 nitrogen and oxygen atoms in total. The summed E-state index contributed by atoms with van der Waals surface area (Å²) in [4.78, 5) is 15.5. The predicted molar refractivity (Wildman–Crippen MR) is 63.0 cm³/mol. The summed E-state index contributed by atoms with van der Waals surface area (Å²) in [6, 6.07) is 1.57. The fraction of sp³-hybridized carbons (Fsp3) is 0.500. The van der Waals surface area contributed by atoms with E-state index in [-0.39, 0.29) is 12.1 Å². The minimum atomic E-state index is -0.381. The van der Waals surface area contributed by atoms with Gasteiger partial charge in [0.1, 0.15) is 0 Å². The number of hydrogen-bond acceptors (Lipinski definition) is 4. The SMILES string of the molecule is CC(C)CC(C)OC(=O)c1ccncc1N. The van der Waals surface area contributed by atoms with Crippen molar-refractivity contribution in [2.45, 2.75) is 33.3 Å². The molecule has 0 radical (unpaired) electrons. The Bertz CT molecular complexity index is 364. The standard InChI is InChI=1S/C12H18N2O2/c1-8(2)6-9(3)16-12(15)10-4-5-14-7-11(10)13/h4-5,7-9H,6,13H2,1-3H3. The van der Waals surface area contributed by atoms with E-state index in [0.717, 1.165) is 6.42 Å². The predicted octanol–water partition coefficient (Wildman–Crippen LogP) is 2.26. The van der Waals surface area contributed by atoms with Crippen LogP contribution in [0.15, 0.2) is 18.5 Å². The number of hydrogen-bond donors (Lipinski definition) is 1. The lowest BCUT2D eigenvalue weighted by atomic mass is 10.1. The summed E-state index contributed by atoms with van der Waals surface area (Å²) < 4.78 is 5.28. The largest absolute Gasteiger partial charge is 0.459 e. The summed E-state index contributed by atoms with van der Waals surface area (Å²) in [7, 11) is 0. The van der Waals surface area contributed by atoms with E-state index in [1.165, 1.54) is 12.4 Å².